The Bertz CT molecular complexity index is 199. The van der Waals surface area contributed by atoms with Crippen LogP contribution in [0.5, 0.6) is 0 Å². The van der Waals surface area contributed by atoms with E-state index in [-0.39, 0.29) is 0 Å². The van der Waals surface area contributed by atoms with Crippen molar-refractivity contribution in [3.8, 4) is 0 Å². The number of nitrogens with one attached hydrogen (secondary N) is 1. The van der Waals surface area contributed by atoms with Gasteiger partial charge in [0, 0.05) is 11.4 Å². The quantitative estimate of drug-likeness (QED) is 0.547. The SMILES string of the molecule is c1ccc2c(c1)CNS2. The molecule has 0 unspecified atom stereocenters. The van der Waals surface area contributed by atoms with Crippen LogP contribution in [0.25, 0.3) is 0 Å². The van der Waals surface area contributed by atoms with Crippen LogP contribution in [-0.2, 0) is 6.54 Å². The van der Waals surface area contributed by atoms with Gasteiger partial charge in [-0.1, -0.05) is 18.2 Å². The summed E-state index contributed by atoms with van der Waals surface area (Å²) < 4.78 is 3.20. The van der Waals surface area contributed by atoms with Gasteiger partial charge >= 0.3 is 0 Å². The average Bonchev–Trinajstić information content (AvgIpc) is 2.33. The lowest BCUT2D eigenvalue weighted by Gasteiger charge is -1.90. The summed E-state index contributed by atoms with van der Waals surface area (Å²) in [6.45, 7) is 1.01. The predicted octanol–water partition coefficient (Wildman–Crippen LogP) is 1.80. The lowest BCUT2D eigenvalue weighted by atomic mass is 10.2. The van der Waals surface area contributed by atoms with Crippen LogP contribution >= 0.6 is 11.9 Å². The largest absolute Gasteiger partial charge is 0.255 e. The topological polar surface area (TPSA) is 12.0 Å². The van der Waals surface area contributed by atoms with E-state index in [9.17, 15) is 0 Å². The molecule has 0 atom stereocenters. The summed E-state index contributed by atoms with van der Waals surface area (Å²) in [6, 6.07) is 8.44. The highest BCUT2D eigenvalue weighted by Gasteiger charge is 2.07. The van der Waals surface area contributed by atoms with Gasteiger partial charge in [-0.05, 0) is 23.6 Å². The van der Waals surface area contributed by atoms with E-state index < -0.39 is 0 Å². The van der Waals surface area contributed by atoms with Gasteiger partial charge < -0.3 is 0 Å². The minimum absolute atomic E-state index is 1.01. The number of hydrogen-bond acceptors (Lipinski definition) is 2. The molecule has 0 bridgehead atoms. The Morgan fingerprint density at radius 1 is 1.33 bits per heavy atom. The van der Waals surface area contributed by atoms with Crippen molar-refractivity contribution >= 4 is 11.9 Å². The molecule has 1 nitrogen and oxygen atoms in total. The Hall–Kier alpha value is -0.470. The molecule has 2 rings (SSSR count). The second-order valence-corrected chi connectivity index (χ2v) is 2.96. The molecule has 1 aliphatic heterocycles. The first kappa shape index (κ1) is 5.33. The molecule has 46 valence electrons. The zero-order valence-corrected chi connectivity index (χ0v) is 5.74. The second-order valence-electron chi connectivity index (χ2n) is 2.03. The fourth-order valence-corrected chi connectivity index (χ4v) is 1.74. The van der Waals surface area contributed by atoms with Gasteiger partial charge in [0.25, 0.3) is 0 Å². The van der Waals surface area contributed by atoms with Crippen molar-refractivity contribution < 1.29 is 0 Å². The van der Waals surface area contributed by atoms with Crippen LogP contribution in [0.1, 0.15) is 5.56 Å². The predicted molar refractivity (Wildman–Crippen MR) is 39.1 cm³/mol. The minimum atomic E-state index is 1.01. The van der Waals surface area contributed by atoms with Crippen molar-refractivity contribution in [1.82, 2.24) is 4.72 Å². The third-order valence-electron chi connectivity index (χ3n) is 1.42. The maximum Gasteiger partial charge on any atom is 0.0324 e. The third-order valence-corrected chi connectivity index (χ3v) is 2.32. The van der Waals surface area contributed by atoms with E-state index in [1.165, 1.54) is 10.5 Å². The molecule has 0 amide bonds. The first-order valence-electron chi connectivity index (χ1n) is 2.94. The maximum atomic E-state index is 3.20. The van der Waals surface area contributed by atoms with E-state index in [2.05, 4.69) is 29.0 Å². The molecular weight excluding hydrogens is 130 g/mol. The molecule has 9 heavy (non-hydrogen) atoms. The maximum absolute atomic E-state index is 3.20. The fraction of sp³-hybridized carbons (Fsp3) is 0.143. The summed E-state index contributed by atoms with van der Waals surface area (Å²) in [7, 11) is 0. The van der Waals surface area contributed by atoms with E-state index >= 15 is 0 Å². The molecule has 0 aliphatic carbocycles. The van der Waals surface area contributed by atoms with Gasteiger partial charge in [0.1, 0.15) is 0 Å². The molecule has 0 saturated heterocycles. The number of benzene rings is 1. The summed E-state index contributed by atoms with van der Waals surface area (Å²) in [5.74, 6) is 0. The molecule has 1 aliphatic rings. The molecular formula is C7H7NS. The summed E-state index contributed by atoms with van der Waals surface area (Å²) in [5, 5.41) is 0. The Balaban J connectivity index is 2.54. The van der Waals surface area contributed by atoms with Gasteiger partial charge in [0.05, 0.1) is 0 Å². The molecule has 0 radical (unpaired) electrons. The number of hydrogen-bond donors (Lipinski definition) is 1. The Morgan fingerprint density at radius 3 is 3.11 bits per heavy atom. The van der Waals surface area contributed by atoms with Crippen LogP contribution in [0, 0.1) is 0 Å². The molecule has 1 N–H and O–H groups in total. The van der Waals surface area contributed by atoms with Crippen molar-refractivity contribution in [2.45, 2.75) is 11.4 Å². The van der Waals surface area contributed by atoms with Gasteiger partial charge in [-0.25, -0.2) is 0 Å². The lowest BCUT2D eigenvalue weighted by Crippen LogP contribution is -1.90. The molecule has 0 aromatic heterocycles. The lowest BCUT2D eigenvalue weighted by molar-refractivity contribution is 0.994. The van der Waals surface area contributed by atoms with Gasteiger partial charge in [-0.3, -0.25) is 4.72 Å². The highest BCUT2D eigenvalue weighted by atomic mass is 32.2. The van der Waals surface area contributed by atoms with Crippen molar-refractivity contribution in [3.05, 3.63) is 29.8 Å². The van der Waals surface area contributed by atoms with Crippen molar-refractivity contribution in [1.29, 1.82) is 0 Å². The van der Waals surface area contributed by atoms with Crippen molar-refractivity contribution in [2.24, 2.45) is 0 Å². The number of fused-ring (bicyclic) bond motifs is 1. The van der Waals surface area contributed by atoms with E-state index in [1.54, 1.807) is 11.9 Å². The molecule has 1 aromatic carbocycles. The van der Waals surface area contributed by atoms with Gasteiger partial charge in [-0.15, -0.1) is 0 Å². The van der Waals surface area contributed by atoms with Gasteiger partial charge in [-0.2, -0.15) is 0 Å². The Kier molecular flexibility index (Phi) is 1.21. The molecule has 1 aromatic rings. The minimum Gasteiger partial charge on any atom is -0.255 e. The van der Waals surface area contributed by atoms with Crippen LogP contribution in [0.15, 0.2) is 29.2 Å². The highest BCUT2D eigenvalue weighted by molar-refractivity contribution is 7.97. The normalized spacial score (nSPS) is 15.6. The van der Waals surface area contributed by atoms with E-state index in [1.807, 2.05) is 0 Å². The first-order chi connectivity index (χ1) is 4.47. The van der Waals surface area contributed by atoms with Crippen LogP contribution in [-0.4, -0.2) is 0 Å². The fourth-order valence-electron chi connectivity index (χ4n) is 0.941. The highest BCUT2D eigenvalue weighted by Crippen LogP contribution is 2.25. The van der Waals surface area contributed by atoms with Crippen molar-refractivity contribution in [2.75, 3.05) is 0 Å². The van der Waals surface area contributed by atoms with Gasteiger partial charge in [0.2, 0.25) is 0 Å². The van der Waals surface area contributed by atoms with Crippen LogP contribution in [0.4, 0.5) is 0 Å². The summed E-state index contributed by atoms with van der Waals surface area (Å²) in [5.41, 5.74) is 1.42. The molecule has 0 fully saturated rings. The molecule has 2 heteroatoms. The Morgan fingerprint density at radius 2 is 2.22 bits per heavy atom. The van der Waals surface area contributed by atoms with E-state index in [0.29, 0.717) is 0 Å². The Labute approximate surface area is 58.6 Å². The van der Waals surface area contributed by atoms with Crippen molar-refractivity contribution in [3.63, 3.8) is 0 Å². The summed E-state index contributed by atoms with van der Waals surface area (Å²) >= 11 is 1.72. The molecule has 1 heterocycles. The smallest absolute Gasteiger partial charge is 0.0324 e. The number of rotatable bonds is 0. The summed E-state index contributed by atoms with van der Waals surface area (Å²) in [4.78, 5) is 1.37. The van der Waals surface area contributed by atoms with Crippen LogP contribution in [0.2, 0.25) is 0 Å². The zero-order valence-electron chi connectivity index (χ0n) is 4.92. The zero-order chi connectivity index (χ0) is 6.10. The first-order valence-corrected chi connectivity index (χ1v) is 3.76. The average molecular weight is 137 g/mol. The van der Waals surface area contributed by atoms with Crippen LogP contribution < -0.4 is 4.72 Å². The second kappa shape index (κ2) is 2.05. The monoisotopic (exact) mass is 137 g/mol. The third kappa shape index (κ3) is 0.843. The molecule has 0 saturated carbocycles. The van der Waals surface area contributed by atoms with E-state index in [4.69, 9.17) is 0 Å². The standard InChI is InChI=1S/C7H7NS/c1-2-4-7-6(3-1)5-8-9-7/h1-4,8H,5H2. The van der Waals surface area contributed by atoms with E-state index in [0.717, 1.165) is 6.54 Å². The molecule has 0 spiro atoms. The summed E-state index contributed by atoms with van der Waals surface area (Å²) in [6.07, 6.45) is 0. The van der Waals surface area contributed by atoms with Crippen LogP contribution in [0.3, 0.4) is 0 Å². The van der Waals surface area contributed by atoms with Gasteiger partial charge in [0.15, 0.2) is 0 Å².